The van der Waals surface area contributed by atoms with Crippen molar-refractivity contribution in [1.29, 1.82) is 0 Å². The van der Waals surface area contributed by atoms with Gasteiger partial charge in [-0.25, -0.2) is 19.5 Å². The fourth-order valence-electron chi connectivity index (χ4n) is 3.17. The minimum Gasteiger partial charge on any atom is -0.375 e. The number of aromatic nitrogens is 4. The molecule has 2 aromatic carbocycles. The van der Waals surface area contributed by atoms with Gasteiger partial charge in [0.05, 0.1) is 11.4 Å². The highest BCUT2D eigenvalue weighted by Gasteiger charge is 2.13. The lowest BCUT2D eigenvalue weighted by Gasteiger charge is -2.16. The van der Waals surface area contributed by atoms with Crippen molar-refractivity contribution in [2.24, 2.45) is 0 Å². The van der Waals surface area contributed by atoms with E-state index in [2.05, 4.69) is 30.8 Å². The Morgan fingerprint density at radius 2 is 1.88 bits per heavy atom. The first-order chi connectivity index (χ1) is 16.4. The molecule has 0 atom stereocenters. The minimum atomic E-state index is -0.594. The molecule has 0 unspecified atom stereocenters. The Balaban J connectivity index is 1.57. The van der Waals surface area contributed by atoms with Crippen molar-refractivity contribution in [1.82, 2.24) is 20.2 Å². The van der Waals surface area contributed by atoms with E-state index in [1.54, 1.807) is 18.2 Å². The van der Waals surface area contributed by atoms with Gasteiger partial charge in [-0.1, -0.05) is 0 Å². The number of nitrogens with one attached hydrogen (secondary N) is 3. The average molecular weight is 459 g/mol. The Kier molecular flexibility index (Phi) is 6.58. The Labute approximate surface area is 194 Å². The minimum absolute atomic E-state index is 0.00411. The van der Waals surface area contributed by atoms with Crippen LogP contribution in [-0.4, -0.2) is 39.7 Å². The number of benzene rings is 2. The molecule has 1 amide bonds. The molecule has 0 aliphatic heterocycles. The predicted octanol–water partition coefficient (Wildman–Crippen LogP) is 3.82. The molecule has 0 spiro atoms. The van der Waals surface area contributed by atoms with E-state index >= 15 is 0 Å². The highest BCUT2D eigenvalue weighted by Crippen LogP contribution is 2.25. The van der Waals surface area contributed by atoms with E-state index in [4.69, 9.17) is 0 Å². The summed E-state index contributed by atoms with van der Waals surface area (Å²) in [5, 5.41) is 12.0. The molecule has 4 rings (SSSR count). The van der Waals surface area contributed by atoms with Gasteiger partial charge in [0, 0.05) is 36.6 Å². The second-order valence-electron chi connectivity index (χ2n) is 7.43. The molecule has 34 heavy (non-hydrogen) atoms. The summed E-state index contributed by atoms with van der Waals surface area (Å²) in [5.41, 5.74) is 2.00. The smallest absolute Gasteiger partial charge is 0.287 e. The number of H-pyrrole nitrogens is 1. The van der Waals surface area contributed by atoms with E-state index in [1.165, 1.54) is 36.8 Å². The van der Waals surface area contributed by atoms with Crippen LogP contribution in [0.4, 0.5) is 27.3 Å². The molecule has 0 aliphatic rings. The number of aromatic amines is 1. The summed E-state index contributed by atoms with van der Waals surface area (Å²) in [7, 11) is 1.95. The molecular weight excluding hydrogens is 437 g/mol. The zero-order chi connectivity index (χ0) is 24.1. The maximum atomic E-state index is 14.5. The molecule has 3 N–H and O–H groups in total. The van der Waals surface area contributed by atoms with Gasteiger partial charge >= 0.3 is 0 Å². The standard InChI is InChI=1S/C24H22FN7O2/c1-3-32(2)17-7-4-15(5-8-17)23(33)29-20-12-16(6-9-18(20)25)19-13-21(24(34)31-30-19)28-22-10-11-26-14-27-22/h4-14H,3H2,1-2H3,(H,29,33)(H,31,34)(H,26,27,28,30). The van der Waals surface area contributed by atoms with Crippen molar-refractivity contribution in [2.75, 3.05) is 29.1 Å². The zero-order valence-corrected chi connectivity index (χ0v) is 18.5. The van der Waals surface area contributed by atoms with Crippen molar-refractivity contribution in [3.63, 3.8) is 0 Å². The number of anilines is 4. The molecule has 172 valence electrons. The molecule has 0 aliphatic carbocycles. The van der Waals surface area contributed by atoms with Gasteiger partial charge in [0.15, 0.2) is 0 Å². The first-order valence-electron chi connectivity index (χ1n) is 10.5. The predicted molar refractivity (Wildman–Crippen MR) is 129 cm³/mol. The maximum absolute atomic E-state index is 14.5. The summed E-state index contributed by atoms with van der Waals surface area (Å²) >= 11 is 0. The second kappa shape index (κ2) is 9.90. The highest BCUT2D eigenvalue weighted by molar-refractivity contribution is 6.04. The molecule has 2 aromatic heterocycles. The monoisotopic (exact) mass is 459 g/mol. The fourth-order valence-corrected chi connectivity index (χ4v) is 3.17. The van der Waals surface area contributed by atoms with Crippen LogP contribution in [0.1, 0.15) is 17.3 Å². The number of carbonyl (C=O) groups excluding carboxylic acids is 1. The van der Waals surface area contributed by atoms with Gasteiger partial charge in [-0.15, -0.1) is 0 Å². The van der Waals surface area contributed by atoms with Crippen molar-refractivity contribution in [3.8, 4) is 11.3 Å². The van der Waals surface area contributed by atoms with E-state index in [9.17, 15) is 14.0 Å². The van der Waals surface area contributed by atoms with E-state index in [1.807, 2.05) is 31.0 Å². The van der Waals surface area contributed by atoms with Gasteiger partial charge in [-0.3, -0.25) is 9.59 Å². The van der Waals surface area contributed by atoms with Crippen LogP contribution in [0.15, 0.2) is 71.9 Å². The Morgan fingerprint density at radius 1 is 1.09 bits per heavy atom. The second-order valence-corrected chi connectivity index (χ2v) is 7.43. The number of hydrogen-bond acceptors (Lipinski definition) is 7. The van der Waals surface area contributed by atoms with Gasteiger partial charge < -0.3 is 15.5 Å². The fraction of sp³-hybridized carbons (Fsp3) is 0.125. The topological polar surface area (TPSA) is 116 Å². The summed E-state index contributed by atoms with van der Waals surface area (Å²) in [4.78, 5) is 34.8. The number of halogens is 1. The first kappa shape index (κ1) is 22.6. The largest absolute Gasteiger partial charge is 0.375 e. The van der Waals surface area contributed by atoms with Gasteiger partial charge in [-0.05, 0) is 61.5 Å². The summed E-state index contributed by atoms with van der Waals surface area (Å²) in [6.45, 7) is 2.86. The molecule has 0 bridgehead atoms. The van der Waals surface area contributed by atoms with Crippen molar-refractivity contribution >= 4 is 28.8 Å². The van der Waals surface area contributed by atoms with Crippen LogP contribution in [0.3, 0.4) is 0 Å². The summed E-state index contributed by atoms with van der Waals surface area (Å²) < 4.78 is 14.5. The van der Waals surface area contributed by atoms with Crippen LogP contribution in [-0.2, 0) is 0 Å². The first-order valence-corrected chi connectivity index (χ1v) is 10.5. The number of hydrogen-bond donors (Lipinski definition) is 3. The van der Waals surface area contributed by atoms with E-state index in [0.717, 1.165) is 12.2 Å². The zero-order valence-electron chi connectivity index (χ0n) is 18.5. The molecular formula is C24H22FN7O2. The quantitative estimate of drug-likeness (QED) is 0.385. The van der Waals surface area contributed by atoms with Crippen LogP contribution >= 0.6 is 0 Å². The molecule has 9 nitrogen and oxygen atoms in total. The van der Waals surface area contributed by atoms with Crippen LogP contribution < -0.4 is 21.1 Å². The Bertz CT molecular complexity index is 1360. The molecule has 0 fully saturated rings. The molecule has 0 saturated carbocycles. The summed E-state index contributed by atoms with van der Waals surface area (Å²) in [6, 6.07) is 14.4. The van der Waals surface area contributed by atoms with Gasteiger partial charge in [0.1, 0.15) is 23.6 Å². The SMILES string of the molecule is CCN(C)c1ccc(C(=O)Nc2cc(-c3cc(Nc4ccncn4)c(=O)[nH]n3)ccc2F)cc1. The van der Waals surface area contributed by atoms with Gasteiger partial charge in [-0.2, -0.15) is 5.10 Å². The normalized spacial score (nSPS) is 10.6. The summed E-state index contributed by atoms with van der Waals surface area (Å²) in [5.74, 6) is -0.605. The van der Waals surface area contributed by atoms with Crippen LogP contribution in [0.5, 0.6) is 0 Å². The summed E-state index contributed by atoms with van der Waals surface area (Å²) in [6.07, 6.45) is 2.89. The third-order valence-corrected chi connectivity index (χ3v) is 5.20. The lowest BCUT2D eigenvalue weighted by atomic mass is 10.1. The third-order valence-electron chi connectivity index (χ3n) is 5.20. The van der Waals surface area contributed by atoms with Gasteiger partial charge in [0.2, 0.25) is 0 Å². The molecule has 0 radical (unpaired) electrons. The molecule has 2 heterocycles. The van der Waals surface area contributed by atoms with Crippen molar-refractivity contribution in [3.05, 3.63) is 88.9 Å². The van der Waals surface area contributed by atoms with E-state index < -0.39 is 17.3 Å². The van der Waals surface area contributed by atoms with Crippen molar-refractivity contribution in [2.45, 2.75) is 6.92 Å². The molecule has 0 saturated heterocycles. The average Bonchev–Trinajstić information content (AvgIpc) is 2.87. The van der Waals surface area contributed by atoms with Crippen LogP contribution in [0.2, 0.25) is 0 Å². The Hall–Kier alpha value is -4.60. The maximum Gasteiger partial charge on any atom is 0.287 e. The third kappa shape index (κ3) is 5.07. The van der Waals surface area contributed by atoms with Crippen molar-refractivity contribution < 1.29 is 9.18 Å². The number of carbonyl (C=O) groups is 1. The van der Waals surface area contributed by atoms with Crippen LogP contribution in [0.25, 0.3) is 11.3 Å². The van der Waals surface area contributed by atoms with E-state index in [0.29, 0.717) is 22.6 Å². The molecule has 10 heteroatoms. The molecule has 4 aromatic rings. The highest BCUT2D eigenvalue weighted by atomic mass is 19.1. The lowest BCUT2D eigenvalue weighted by molar-refractivity contribution is 0.102. The number of rotatable bonds is 7. The number of amides is 1. The number of nitrogens with zero attached hydrogens (tertiary/aromatic N) is 4. The van der Waals surface area contributed by atoms with Crippen LogP contribution in [0, 0.1) is 5.82 Å². The van der Waals surface area contributed by atoms with Gasteiger partial charge in [0.25, 0.3) is 11.5 Å². The lowest BCUT2D eigenvalue weighted by Crippen LogP contribution is -2.17. The Morgan fingerprint density at radius 3 is 2.59 bits per heavy atom. The van der Waals surface area contributed by atoms with E-state index in [-0.39, 0.29) is 11.4 Å².